The summed E-state index contributed by atoms with van der Waals surface area (Å²) in [7, 11) is 0. The first-order valence-electron chi connectivity index (χ1n) is 6.94. The van der Waals surface area contributed by atoms with Crippen molar-refractivity contribution in [2.75, 3.05) is 39.6 Å². The first-order chi connectivity index (χ1) is 8.68. The van der Waals surface area contributed by atoms with Crippen LogP contribution in [0.15, 0.2) is 0 Å². The topological polar surface area (TPSA) is 44.8 Å². The molecule has 18 heavy (non-hydrogen) atoms. The number of hydrogen-bond acceptors (Lipinski definition) is 4. The van der Waals surface area contributed by atoms with Crippen LogP contribution in [0, 0.1) is 5.92 Å². The summed E-state index contributed by atoms with van der Waals surface area (Å²) in [5.41, 5.74) is 0. The molecule has 0 fully saturated rings. The van der Waals surface area contributed by atoms with E-state index in [2.05, 4.69) is 0 Å². The second-order valence-corrected chi connectivity index (χ2v) is 4.50. The van der Waals surface area contributed by atoms with Crippen LogP contribution in [0.3, 0.4) is 0 Å². The average Bonchev–Trinajstić information content (AvgIpc) is 2.35. The summed E-state index contributed by atoms with van der Waals surface area (Å²) >= 11 is 0. The van der Waals surface area contributed by atoms with E-state index in [1.165, 1.54) is 0 Å². The smallest absolute Gasteiger partial charge is 0.135 e. The van der Waals surface area contributed by atoms with Crippen molar-refractivity contribution in [1.29, 1.82) is 0 Å². The van der Waals surface area contributed by atoms with Gasteiger partial charge in [-0.15, -0.1) is 0 Å². The van der Waals surface area contributed by atoms with Gasteiger partial charge < -0.3 is 14.2 Å². The lowest BCUT2D eigenvalue weighted by molar-refractivity contribution is -0.122. The van der Waals surface area contributed by atoms with Gasteiger partial charge in [-0.1, -0.05) is 13.8 Å². The number of ketones is 1. The zero-order valence-electron chi connectivity index (χ0n) is 12.1. The third-order valence-corrected chi connectivity index (χ3v) is 2.55. The molecular weight excluding hydrogens is 232 g/mol. The van der Waals surface area contributed by atoms with Crippen LogP contribution in [-0.2, 0) is 19.0 Å². The molecule has 0 aliphatic rings. The Labute approximate surface area is 111 Å². The van der Waals surface area contributed by atoms with Crippen LogP contribution < -0.4 is 0 Å². The van der Waals surface area contributed by atoms with Gasteiger partial charge >= 0.3 is 0 Å². The minimum atomic E-state index is 0.157. The fourth-order valence-electron chi connectivity index (χ4n) is 1.38. The van der Waals surface area contributed by atoms with E-state index < -0.39 is 0 Å². The molecule has 0 N–H and O–H groups in total. The minimum Gasteiger partial charge on any atom is -0.379 e. The molecule has 4 heteroatoms. The highest BCUT2D eigenvalue weighted by atomic mass is 16.5. The van der Waals surface area contributed by atoms with Crippen LogP contribution in [0.1, 0.15) is 40.0 Å². The molecule has 0 heterocycles. The van der Waals surface area contributed by atoms with E-state index in [1.54, 1.807) is 0 Å². The quantitative estimate of drug-likeness (QED) is 0.477. The van der Waals surface area contributed by atoms with E-state index in [0.29, 0.717) is 45.2 Å². The van der Waals surface area contributed by atoms with E-state index in [1.807, 2.05) is 20.8 Å². The normalized spacial score (nSPS) is 11.1. The fraction of sp³-hybridized carbons (Fsp3) is 0.929. The highest BCUT2D eigenvalue weighted by Gasteiger charge is 2.05. The molecule has 0 aromatic rings. The molecule has 0 spiro atoms. The van der Waals surface area contributed by atoms with Gasteiger partial charge in [-0.25, -0.2) is 0 Å². The molecule has 0 aliphatic carbocycles. The zero-order valence-corrected chi connectivity index (χ0v) is 12.1. The predicted octanol–water partition coefficient (Wildman–Crippen LogP) is 2.45. The Morgan fingerprint density at radius 1 is 0.889 bits per heavy atom. The number of rotatable bonds is 13. The van der Waals surface area contributed by atoms with Crippen molar-refractivity contribution in [3.63, 3.8) is 0 Å². The first kappa shape index (κ1) is 17.6. The maximum absolute atomic E-state index is 11.3. The third kappa shape index (κ3) is 12.0. The monoisotopic (exact) mass is 260 g/mol. The molecule has 0 rings (SSSR count). The number of Topliss-reactive ketones (excluding diaryl/α,β-unsaturated/α-hetero) is 1. The summed E-state index contributed by atoms with van der Waals surface area (Å²) in [5.74, 6) is 0.499. The van der Waals surface area contributed by atoms with E-state index in [-0.39, 0.29) is 5.92 Å². The highest BCUT2D eigenvalue weighted by Crippen LogP contribution is 2.04. The summed E-state index contributed by atoms with van der Waals surface area (Å²) in [4.78, 5) is 11.3. The van der Waals surface area contributed by atoms with Gasteiger partial charge in [-0.05, 0) is 19.8 Å². The molecule has 0 radical (unpaired) electrons. The Morgan fingerprint density at radius 2 is 1.44 bits per heavy atom. The summed E-state index contributed by atoms with van der Waals surface area (Å²) in [6, 6.07) is 0. The fourth-order valence-corrected chi connectivity index (χ4v) is 1.38. The Balaban J connectivity index is 3.05. The number of unbranched alkanes of at least 4 members (excludes halogenated alkanes) is 1. The standard InChI is InChI=1S/C14H28O4/c1-4-16-9-10-18-12-11-17-8-6-5-7-14(15)13(2)3/h13H,4-12H2,1-3H3. The Morgan fingerprint density at radius 3 is 2.00 bits per heavy atom. The second kappa shape index (κ2) is 13.0. The summed E-state index contributed by atoms with van der Waals surface area (Å²) in [6.07, 6.45) is 2.53. The van der Waals surface area contributed by atoms with Crippen molar-refractivity contribution >= 4 is 5.78 Å². The molecule has 0 atom stereocenters. The van der Waals surface area contributed by atoms with Crippen molar-refractivity contribution in [1.82, 2.24) is 0 Å². The second-order valence-electron chi connectivity index (χ2n) is 4.50. The first-order valence-corrected chi connectivity index (χ1v) is 6.94. The maximum Gasteiger partial charge on any atom is 0.135 e. The molecule has 0 unspecified atom stereocenters. The molecule has 0 aliphatic heterocycles. The van der Waals surface area contributed by atoms with Gasteiger partial charge in [-0.3, -0.25) is 4.79 Å². The van der Waals surface area contributed by atoms with E-state index in [0.717, 1.165) is 19.4 Å². The molecule has 0 aromatic carbocycles. The Kier molecular flexibility index (Phi) is 12.7. The van der Waals surface area contributed by atoms with Crippen LogP contribution in [0.5, 0.6) is 0 Å². The van der Waals surface area contributed by atoms with Gasteiger partial charge in [0.05, 0.1) is 26.4 Å². The highest BCUT2D eigenvalue weighted by molar-refractivity contribution is 5.80. The number of hydrogen-bond donors (Lipinski definition) is 0. The Bertz CT molecular complexity index is 192. The van der Waals surface area contributed by atoms with Gasteiger partial charge in [0, 0.05) is 25.6 Å². The minimum absolute atomic E-state index is 0.157. The predicted molar refractivity (Wildman–Crippen MR) is 71.8 cm³/mol. The third-order valence-electron chi connectivity index (χ3n) is 2.55. The molecule has 0 saturated carbocycles. The van der Waals surface area contributed by atoms with Crippen LogP contribution in [-0.4, -0.2) is 45.4 Å². The van der Waals surface area contributed by atoms with Crippen LogP contribution in [0.4, 0.5) is 0 Å². The number of carbonyl (C=O) groups is 1. The molecule has 0 saturated heterocycles. The zero-order chi connectivity index (χ0) is 13.6. The summed E-state index contributed by atoms with van der Waals surface area (Å²) < 4.78 is 15.9. The van der Waals surface area contributed by atoms with E-state index >= 15 is 0 Å². The van der Waals surface area contributed by atoms with Crippen molar-refractivity contribution in [2.24, 2.45) is 5.92 Å². The Hall–Kier alpha value is -0.450. The lowest BCUT2D eigenvalue weighted by atomic mass is 10.0. The average molecular weight is 260 g/mol. The molecular formula is C14H28O4. The number of carbonyl (C=O) groups excluding carboxylic acids is 1. The number of ether oxygens (including phenoxy) is 3. The van der Waals surface area contributed by atoms with Gasteiger partial charge in [0.1, 0.15) is 5.78 Å². The van der Waals surface area contributed by atoms with Crippen molar-refractivity contribution < 1.29 is 19.0 Å². The largest absolute Gasteiger partial charge is 0.379 e. The lowest BCUT2D eigenvalue weighted by Crippen LogP contribution is -2.10. The van der Waals surface area contributed by atoms with Gasteiger partial charge in [-0.2, -0.15) is 0 Å². The molecule has 0 aromatic heterocycles. The summed E-state index contributed by atoms with van der Waals surface area (Å²) in [5, 5.41) is 0. The van der Waals surface area contributed by atoms with Gasteiger partial charge in [0.25, 0.3) is 0 Å². The van der Waals surface area contributed by atoms with E-state index in [9.17, 15) is 4.79 Å². The van der Waals surface area contributed by atoms with Crippen molar-refractivity contribution in [3.05, 3.63) is 0 Å². The van der Waals surface area contributed by atoms with Gasteiger partial charge in [0.2, 0.25) is 0 Å². The lowest BCUT2D eigenvalue weighted by Gasteiger charge is -2.06. The molecule has 0 bridgehead atoms. The van der Waals surface area contributed by atoms with Crippen molar-refractivity contribution in [3.8, 4) is 0 Å². The van der Waals surface area contributed by atoms with E-state index in [4.69, 9.17) is 14.2 Å². The molecule has 108 valence electrons. The SMILES string of the molecule is CCOCCOCCOCCCCC(=O)C(C)C. The summed E-state index contributed by atoms with van der Waals surface area (Å²) in [6.45, 7) is 9.79. The van der Waals surface area contributed by atoms with Crippen LogP contribution in [0.2, 0.25) is 0 Å². The maximum atomic E-state index is 11.3. The molecule has 4 nitrogen and oxygen atoms in total. The van der Waals surface area contributed by atoms with Crippen LogP contribution >= 0.6 is 0 Å². The van der Waals surface area contributed by atoms with Crippen molar-refractivity contribution in [2.45, 2.75) is 40.0 Å². The van der Waals surface area contributed by atoms with Gasteiger partial charge in [0.15, 0.2) is 0 Å². The van der Waals surface area contributed by atoms with Crippen LogP contribution in [0.25, 0.3) is 0 Å². The molecule has 0 amide bonds.